The molecule has 4 aromatic carbocycles. The molecule has 1 aliphatic rings. The second-order valence-electron chi connectivity index (χ2n) is 7.83. The standard InChI is InChI=1S/C27H22N2O2S/c1-18-13-15-20(16-14-18)29-25(30)17-32-27(29)23-10-4-5-12-24(23)28-26(31)22-11-6-8-19-7-2-3-9-21(19)22/h2-16,27H,17H2,1H3,(H,28,31). The van der Waals surface area contributed by atoms with Crippen LogP contribution in [0.5, 0.6) is 0 Å². The molecule has 1 atom stereocenters. The normalized spacial score (nSPS) is 15.8. The Labute approximate surface area is 191 Å². The number of benzene rings is 4. The van der Waals surface area contributed by atoms with E-state index < -0.39 is 0 Å². The van der Waals surface area contributed by atoms with E-state index in [9.17, 15) is 9.59 Å². The summed E-state index contributed by atoms with van der Waals surface area (Å²) >= 11 is 1.58. The van der Waals surface area contributed by atoms with Crippen molar-refractivity contribution in [2.45, 2.75) is 12.3 Å². The molecule has 1 aliphatic heterocycles. The molecule has 1 heterocycles. The smallest absolute Gasteiger partial charge is 0.256 e. The molecule has 0 spiro atoms. The summed E-state index contributed by atoms with van der Waals surface area (Å²) in [6, 6.07) is 29.3. The molecule has 1 unspecified atom stereocenters. The van der Waals surface area contributed by atoms with Crippen molar-refractivity contribution in [3.63, 3.8) is 0 Å². The van der Waals surface area contributed by atoms with Gasteiger partial charge in [0.25, 0.3) is 5.91 Å². The van der Waals surface area contributed by atoms with E-state index in [1.54, 1.807) is 11.8 Å². The number of carbonyl (C=O) groups is 2. The molecule has 5 rings (SSSR count). The van der Waals surface area contributed by atoms with Crippen molar-refractivity contribution in [3.05, 3.63) is 108 Å². The van der Waals surface area contributed by atoms with Crippen LogP contribution in [0.3, 0.4) is 0 Å². The number of thioether (sulfide) groups is 1. The van der Waals surface area contributed by atoms with Crippen LogP contribution >= 0.6 is 11.8 Å². The molecule has 4 nitrogen and oxygen atoms in total. The van der Waals surface area contributed by atoms with Crippen LogP contribution in [0.2, 0.25) is 0 Å². The van der Waals surface area contributed by atoms with Crippen LogP contribution in [0, 0.1) is 6.92 Å². The Bertz CT molecular complexity index is 1310. The van der Waals surface area contributed by atoms with E-state index in [0.29, 0.717) is 11.3 Å². The van der Waals surface area contributed by atoms with Crippen molar-refractivity contribution in [1.29, 1.82) is 0 Å². The molecule has 158 valence electrons. The van der Waals surface area contributed by atoms with Crippen LogP contribution in [0.25, 0.3) is 10.8 Å². The molecule has 0 bridgehead atoms. The van der Waals surface area contributed by atoms with E-state index in [-0.39, 0.29) is 17.2 Å². The minimum Gasteiger partial charge on any atom is -0.322 e. The number of anilines is 2. The van der Waals surface area contributed by atoms with Gasteiger partial charge in [0.05, 0.1) is 5.75 Å². The largest absolute Gasteiger partial charge is 0.322 e. The summed E-state index contributed by atoms with van der Waals surface area (Å²) in [5.74, 6) is 0.314. The Kier molecular flexibility index (Phi) is 5.41. The van der Waals surface area contributed by atoms with E-state index in [4.69, 9.17) is 0 Å². The van der Waals surface area contributed by atoms with Gasteiger partial charge in [-0.25, -0.2) is 0 Å². The fourth-order valence-corrected chi connectivity index (χ4v) is 5.29. The van der Waals surface area contributed by atoms with Gasteiger partial charge >= 0.3 is 0 Å². The van der Waals surface area contributed by atoms with Gasteiger partial charge in [-0.1, -0.05) is 72.3 Å². The maximum atomic E-state index is 13.3. The molecule has 0 saturated carbocycles. The number of para-hydroxylation sites is 1. The SMILES string of the molecule is Cc1ccc(N2C(=O)CSC2c2ccccc2NC(=O)c2cccc3ccccc23)cc1. The average Bonchev–Trinajstić information content (AvgIpc) is 3.20. The first kappa shape index (κ1) is 20.3. The van der Waals surface area contributed by atoms with Gasteiger partial charge in [-0.2, -0.15) is 0 Å². The zero-order chi connectivity index (χ0) is 22.1. The molecule has 1 N–H and O–H groups in total. The number of aryl methyl sites for hydroxylation is 1. The third-order valence-electron chi connectivity index (χ3n) is 5.69. The lowest BCUT2D eigenvalue weighted by Gasteiger charge is -2.26. The van der Waals surface area contributed by atoms with Crippen molar-refractivity contribution >= 4 is 45.7 Å². The van der Waals surface area contributed by atoms with Crippen LogP contribution < -0.4 is 10.2 Å². The van der Waals surface area contributed by atoms with E-state index in [1.165, 1.54) is 0 Å². The molecule has 1 fully saturated rings. The predicted molar refractivity (Wildman–Crippen MR) is 132 cm³/mol. The quantitative estimate of drug-likeness (QED) is 0.414. The van der Waals surface area contributed by atoms with Gasteiger partial charge in [0.15, 0.2) is 0 Å². The molecular weight excluding hydrogens is 416 g/mol. The number of amides is 2. The van der Waals surface area contributed by atoms with Gasteiger partial charge in [-0.05, 0) is 42.0 Å². The number of rotatable bonds is 4. The second-order valence-corrected chi connectivity index (χ2v) is 8.90. The number of hydrogen-bond acceptors (Lipinski definition) is 3. The molecule has 5 heteroatoms. The highest BCUT2D eigenvalue weighted by Gasteiger charge is 2.35. The summed E-state index contributed by atoms with van der Waals surface area (Å²) in [4.78, 5) is 27.8. The molecule has 32 heavy (non-hydrogen) atoms. The van der Waals surface area contributed by atoms with Gasteiger partial charge < -0.3 is 5.32 Å². The minimum atomic E-state index is -0.200. The number of nitrogens with one attached hydrogen (secondary N) is 1. The van der Waals surface area contributed by atoms with E-state index in [2.05, 4.69) is 5.32 Å². The summed E-state index contributed by atoms with van der Waals surface area (Å²) in [5.41, 5.74) is 4.27. The van der Waals surface area contributed by atoms with E-state index in [1.807, 2.05) is 103 Å². The van der Waals surface area contributed by atoms with Crippen molar-refractivity contribution in [3.8, 4) is 0 Å². The molecule has 0 aliphatic carbocycles. The van der Waals surface area contributed by atoms with Crippen molar-refractivity contribution in [2.24, 2.45) is 0 Å². The maximum Gasteiger partial charge on any atom is 0.256 e. The maximum absolute atomic E-state index is 13.3. The van der Waals surface area contributed by atoms with Crippen LogP contribution in [0.1, 0.15) is 26.9 Å². The number of nitrogens with zero attached hydrogens (tertiary/aromatic N) is 1. The predicted octanol–water partition coefficient (Wildman–Crippen LogP) is 6.18. The third-order valence-corrected chi connectivity index (χ3v) is 6.88. The molecule has 0 aromatic heterocycles. The minimum absolute atomic E-state index is 0.0686. The summed E-state index contributed by atoms with van der Waals surface area (Å²) in [5, 5.41) is 4.84. The Morgan fingerprint density at radius 3 is 2.47 bits per heavy atom. The fourth-order valence-electron chi connectivity index (χ4n) is 4.08. The summed E-state index contributed by atoms with van der Waals surface area (Å²) in [6.07, 6.45) is 0. The van der Waals surface area contributed by atoms with Gasteiger partial charge in [0.2, 0.25) is 5.91 Å². The van der Waals surface area contributed by atoms with Gasteiger partial charge in [0.1, 0.15) is 5.37 Å². The number of carbonyl (C=O) groups excluding carboxylic acids is 2. The van der Waals surface area contributed by atoms with Crippen molar-refractivity contribution < 1.29 is 9.59 Å². The molecule has 0 radical (unpaired) electrons. The van der Waals surface area contributed by atoms with Gasteiger partial charge in [0, 0.05) is 22.5 Å². The second kappa shape index (κ2) is 8.52. The van der Waals surface area contributed by atoms with Crippen LogP contribution in [0.15, 0.2) is 91.0 Å². The summed E-state index contributed by atoms with van der Waals surface area (Å²) in [6.45, 7) is 2.03. The zero-order valence-corrected chi connectivity index (χ0v) is 18.4. The monoisotopic (exact) mass is 438 g/mol. The average molecular weight is 439 g/mol. The van der Waals surface area contributed by atoms with Gasteiger partial charge in [-0.3, -0.25) is 14.5 Å². The lowest BCUT2D eigenvalue weighted by molar-refractivity contribution is -0.115. The molecule has 2 amide bonds. The third kappa shape index (κ3) is 3.76. The Hall–Kier alpha value is -3.57. The van der Waals surface area contributed by atoms with E-state index >= 15 is 0 Å². The Balaban J connectivity index is 1.49. The van der Waals surface area contributed by atoms with Crippen LogP contribution in [0.4, 0.5) is 11.4 Å². The molecular formula is C27H22N2O2S. The Morgan fingerprint density at radius 1 is 0.906 bits per heavy atom. The lowest BCUT2D eigenvalue weighted by Crippen LogP contribution is -2.28. The van der Waals surface area contributed by atoms with Crippen LogP contribution in [-0.4, -0.2) is 17.6 Å². The first-order chi connectivity index (χ1) is 15.6. The molecule has 4 aromatic rings. The fraction of sp³-hybridized carbons (Fsp3) is 0.111. The van der Waals surface area contributed by atoms with Crippen molar-refractivity contribution in [2.75, 3.05) is 16.0 Å². The number of fused-ring (bicyclic) bond motifs is 1. The van der Waals surface area contributed by atoms with Gasteiger partial charge in [-0.15, -0.1) is 11.8 Å². The highest BCUT2D eigenvalue weighted by atomic mass is 32.2. The Morgan fingerprint density at radius 2 is 1.62 bits per heavy atom. The zero-order valence-electron chi connectivity index (χ0n) is 17.6. The highest BCUT2D eigenvalue weighted by molar-refractivity contribution is 8.00. The summed E-state index contributed by atoms with van der Waals surface area (Å²) < 4.78 is 0. The van der Waals surface area contributed by atoms with E-state index in [0.717, 1.165) is 33.3 Å². The molecule has 1 saturated heterocycles. The van der Waals surface area contributed by atoms with Crippen LogP contribution in [-0.2, 0) is 4.79 Å². The van der Waals surface area contributed by atoms with Crippen molar-refractivity contribution in [1.82, 2.24) is 0 Å². The summed E-state index contributed by atoms with van der Waals surface area (Å²) in [7, 11) is 0. The lowest BCUT2D eigenvalue weighted by atomic mass is 10.0. The first-order valence-corrected chi connectivity index (χ1v) is 11.5. The first-order valence-electron chi connectivity index (χ1n) is 10.5. The number of hydrogen-bond donors (Lipinski definition) is 1. The topological polar surface area (TPSA) is 49.4 Å². The highest BCUT2D eigenvalue weighted by Crippen LogP contribution is 2.44.